The first-order valence-electron chi connectivity index (χ1n) is 5.88. The van der Waals surface area contributed by atoms with Crippen molar-refractivity contribution < 1.29 is 4.74 Å². The molecule has 0 aliphatic rings. The molecule has 0 saturated carbocycles. The van der Waals surface area contributed by atoms with Gasteiger partial charge >= 0.3 is 0 Å². The molecular formula is C15H15BrClNO. The monoisotopic (exact) mass is 339 g/mol. The molecule has 2 aromatic rings. The second kappa shape index (κ2) is 6.31. The summed E-state index contributed by atoms with van der Waals surface area (Å²) >= 11 is 9.75. The average molecular weight is 341 g/mol. The molecule has 100 valence electrons. The van der Waals surface area contributed by atoms with Crippen molar-refractivity contribution in [2.24, 2.45) is 0 Å². The van der Waals surface area contributed by atoms with Crippen LogP contribution in [-0.2, 0) is 5.33 Å². The zero-order chi connectivity index (χ0) is 13.8. The van der Waals surface area contributed by atoms with E-state index in [1.54, 1.807) is 7.11 Å². The third-order valence-corrected chi connectivity index (χ3v) is 3.94. The fourth-order valence-corrected chi connectivity index (χ4v) is 2.53. The Balaban J connectivity index is 2.29. The molecule has 2 nitrogen and oxygen atoms in total. The highest BCUT2D eigenvalue weighted by Crippen LogP contribution is 2.32. The Hall–Kier alpha value is -1.19. The van der Waals surface area contributed by atoms with Crippen molar-refractivity contribution in [2.75, 3.05) is 19.1 Å². The number of hydrogen-bond donors (Lipinski definition) is 0. The van der Waals surface area contributed by atoms with E-state index in [1.165, 1.54) is 0 Å². The van der Waals surface area contributed by atoms with E-state index in [0.29, 0.717) is 0 Å². The molecule has 2 rings (SSSR count). The van der Waals surface area contributed by atoms with Gasteiger partial charge in [0.15, 0.2) is 0 Å². The number of benzene rings is 2. The van der Waals surface area contributed by atoms with Crippen molar-refractivity contribution in [1.29, 1.82) is 0 Å². The van der Waals surface area contributed by atoms with Gasteiger partial charge in [-0.15, -0.1) is 0 Å². The van der Waals surface area contributed by atoms with Gasteiger partial charge in [0, 0.05) is 18.1 Å². The van der Waals surface area contributed by atoms with Crippen LogP contribution in [0.5, 0.6) is 5.75 Å². The minimum absolute atomic E-state index is 0.746. The maximum Gasteiger partial charge on any atom is 0.119 e. The Morgan fingerprint density at radius 3 is 2.37 bits per heavy atom. The molecule has 0 atom stereocenters. The summed E-state index contributed by atoms with van der Waals surface area (Å²) in [5.41, 5.74) is 3.21. The van der Waals surface area contributed by atoms with Crippen LogP contribution >= 0.6 is 27.5 Å². The summed E-state index contributed by atoms with van der Waals surface area (Å²) in [4.78, 5) is 2.06. The van der Waals surface area contributed by atoms with Crippen molar-refractivity contribution in [2.45, 2.75) is 5.33 Å². The van der Waals surface area contributed by atoms with Gasteiger partial charge in [0.1, 0.15) is 5.75 Å². The van der Waals surface area contributed by atoms with Crippen molar-refractivity contribution >= 4 is 38.9 Å². The first-order chi connectivity index (χ1) is 9.15. The fourth-order valence-electron chi connectivity index (χ4n) is 1.85. The van der Waals surface area contributed by atoms with Gasteiger partial charge in [-0.2, -0.15) is 0 Å². The number of ether oxygens (including phenoxy) is 1. The molecule has 0 amide bonds. The van der Waals surface area contributed by atoms with Gasteiger partial charge in [0.2, 0.25) is 0 Å². The molecule has 0 unspecified atom stereocenters. The lowest BCUT2D eigenvalue weighted by Gasteiger charge is -2.21. The van der Waals surface area contributed by atoms with Crippen LogP contribution in [0.25, 0.3) is 0 Å². The molecule has 0 fully saturated rings. The van der Waals surface area contributed by atoms with Crippen molar-refractivity contribution in [3.05, 3.63) is 53.1 Å². The van der Waals surface area contributed by atoms with Crippen LogP contribution in [0.4, 0.5) is 11.4 Å². The molecule has 4 heteroatoms. The molecular weight excluding hydrogens is 326 g/mol. The Morgan fingerprint density at radius 1 is 1.16 bits per heavy atom. The van der Waals surface area contributed by atoms with Gasteiger partial charge in [-0.05, 0) is 42.0 Å². The normalized spacial score (nSPS) is 10.3. The lowest BCUT2D eigenvalue weighted by molar-refractivity contribution is 0.415. The van der Waals surface area contributed by atoms with E-state index in [-0.39, 0.29) is 0 Å². The topological polar surface area (TPSA) is 12.5 Å². The van der Waals surface area contributed by atoms with Crippen LogP contribution in [0.15, 0.2) is 42.5 Å². The van der Waals surface area contributed by atoms with E-state index in [9.17, 15) is 0 Å². The SMILES string of the molecule is COc1ccc(N(C)c2ccc(CBr)cc2Cl)cc1. The molecule has 0 spiro atoms. The van der Waals surface area contributed by atoms with E-state index < -0.39 is 0 Å². The van der Waals surface area contributed by atoms with Gasteiger partial charge in [0.25, 0.3) is 0 Å². The van der Waals surface area contributed by atoms with Crippen LogP contribution in [0, 0.1) is 0 Å². The van der Waals surface area contributed by atoms with Crippen LogP contribution in [-0.4, -0.2) is 14.2 Å². The number of hydrogen-bond acceptors (Lipinski definition) is 2. The van der Waals surface area contributed by atoms with E-state index in [2.05, 4.69) is 26.9 Å². The van der Waals surface area contributed by atoms with Gasteiger partial charge in [-0.25, -0.2) is 0 Å². The first-order valence-corrected chi connectivity index (χ1v) is 7.38. The zero-order valence-electron chi connectivity index (χ0n) is 10.9. The third kappa shape index (κ3) is 3.23. The Bertz CT molecular complexity index is 557. The van der Waals surface area contributed by atoms with Gasteiger partial charge < -0.3 is 9.64 Å². The van der Waals surface area contributed by atoms with E-state index in [0.717, 1.165) is 33.0 Å². The second-order valence-electron chi connectivity index (χ2n) is 4.18. The highest BCUT2D eigenvalue weighted by atomic mass is 79.9. The van der Waals surface area contributed by atoms with Gasteiger partial charge in [0.05, 0.1) is 17.8 Å². The molecule has 0 N–H and O–H groups in total. The lowest BCUT2D eigenvalue weighted by Crippen LogP contribution is -2.09. The van der Waals surface area contributed by atoms with E-state index >= 15 is 0 Å². The molecule has 2 aromatic carbocycles. The van der Waals surface area contributed by atoms with E-state index in [1.807, 2.05) is 43.4 Å². The Morgan fingerprint density at radius 2 is 1.84 bits per heavy atom. The third-order valence-electron chi connectivity index (χ3n) is 2.99. The van der Waals surface area contributed by atoms with Gasteiger partial charge in [-0.1, -0.05) is 33.6 Å². The van der Waals surface area contributed by atoms with Crippen LogP contribution in [0.3, 0.4) is 0 Å². The van der Waals surface area contributed by atoms with E-state index in [4.69, 9.17) is 16.3 Å². The van der Waals surface area contributed by atoms with Gasteiger partial charge in [-0.3, -0.25) is 0 Å². The maximum atomic E-state index is 6.32. The lowest BCUT2D eigenvalue weighted by atomic mass is 10.2. The molecule has 0 heterocycles. The summed E-state index contributed by atoms with van der Waals surface area (Å²) in [5.74, 6) is 0.845. The number of anilines is 2. The molecule has 0 saturated heterocycles. The zero-order valence-corrected chi connectivity index (χ0v) is 13.2. The fraction of sp³-hybridized carbons (Fsp3) is 0.200. The number of methoxy groups -OCH3 is 1. The molecule has 0 aromatic heterocycles. The van der Waals surface area contributed by atoms with Crippen molar-refractivity contribution in [3.63, 3.8) is 0 Å². The van der Waals surface area contributed by atoms with Crippen LogP contribution in [0.2, 0.25) is 5.02 Å². The highest BCUT2D eigenvalue weighted by Gasteiger charge is 2.09. The molecule has 0 bridgehead atoms. The summed E-state index contributed by atoms with van der Waals surface area (Å²) in [6.07, 6.45) is 0. The Labute approximate surface area is 127 Å². The van der Waals surface area contributed by atoms with Crippen molar-refractivity contribution in [1.82, 2.24) is 0 Å². The average Bonchev–Trinajstić information content (AvgIpc) is 2.46. The molecule has 0 aliphatic carbocycles. The Kier molecular flexibility index (Phi) is 4.72. The largest absolute Gasteiger partial charge is 0.497 e. The summed E-state index contributed by atoms with van der Waals surface area (Å²) in [6.45, 7) is 0. The number of rotatable bonds is 4. The maximum absolute atomic E-state index is 6.32. The number of nitrogens with zero attached hydrogens (tertiary/aromatic N) is 1. The first kappa shape index (κ1) is 14.2. The van der Waals surface area contributed by atoms with Crippen LogP contribution < -0.4 is 9.64 Å². The summed E-state index contributed by atoms with van der Waals surface area (Å²) in [5, 5.41) is 1.55. The molecule has 19 heavy (non-hydrogen) atoms. The number of halogens is 2. The quantitative estimate of drug-likeness (QED) is 0.725. The predicted octanol–water partition coefficient (Wildman–Crippen LogP) is 5.01. The van der Waals surface area contributed by atoms with Crippen LogP contribution in [0.1, 0.15) is 5.56 Å². The minimum Gasteiger partial charge on any atom is -0.497 e. The molecule has 0 radical (unpaired) electrons. The minimum atomic E-state index is 0.746. The standard InChI is InChI=1S/C15H15BrClNO/c1-18(12-4-6-13(19-2)7-5-12)15-8-3-11(10-16)9-14(15)17/h3-9H,10H2,1-2H3. The smallest absolute Gasteiger partial charge is 0.119 e. The summed E-state index contributed by atoms with van der Waals surface area (Å²) in [6, 6.07) is 14.0. The summed E-state index contributed by atoms with van der Waals surface area (Å²) in [7, 11) is 3.66. The molecule has 0 aliphatic heterocycles. The summed E-state index contributed by atoms with van der Waals surface area (Å²) < 4.78 is 5.16. The predicted molar refractivity (Wildman–Crippen MR) is 85.1 cm³/mol. The highest BCUT2D eigenvalue weighted by molar-refractivity contribution is 9.08. The second-order valence-corrected chi connectivity index (χ2v) is 5.14. The van der Waals surface area contributed by atoms with Crippen molar-refractivity contribution in [3.8, 4) is 5.75 Å². The number of alkyl halides is 1.